The van der Waals surface area contributed by atoms with Gasteiger partial charge in [0.2, 0.25) is 0 Å². The molecular weight excluding hydrogens is 261 g/mol. The van der Waals surface area contributed by atoms with Crippen molar-refractivity contribution in [1.29, 1.82) is 0 Å². The van der Waals surface area contributed by atoms with Crippen molar-refractivity contribution in [2.45, 2.75) is 65.8 Å². The lowest BCUT2D eigenvalue weighted by Gasteiger charge is -2.40. The van der Waals surface area contributed by atoms with E-state index in [4.69, 9.17) is 0 Å². The molecule has 118 valence electrons. The van der Waals surface area contributed by atoms with Crippen molar-refractivity contribution in [2.75, 3.05) is 6.54 Å². The van der Waals surface area contributed by atoms with Gasteiger partial charge in [-0.05, 0) is 67.3 Å². The first-order chi connectivity index (χ1) is 9.98. The summed E-state index contributed by atoms with van der Waals surface area (Å²) in [7, 11) is 0. The van der Waals surface area contributed by atoms with Crippen molar-refractivity contribution in [2.24, 2.45) is 11.3 Å². The third-order valence-electron chi connectivity index (χ3n) is 4.98. The lowest BCUT2D eigenvalue weighted by molar-refractivity contribution is 0.156. The molecular formula is C19H30FN. The highest BCUT2D eigenvalue weighted by Crippen LogP contribution is 2.52. The van der Waals surface area contributed by atoms with Gasteiger partial charge in [0.15, 0.2) is 0 Å². The number of nitrogens with one attached hydrogen (secondary N) is 1. The molecule has 1 aromatic carbocycles. The molecule has 0 amide bonds. The summed E-state index contributed by atoms with van der Waals surface area (Å²) < 4.78 is 13.5. The number of hydrogen-bond donors (Lipinski definition) is 1. The van der Waals surface area contributed by atoms with Crippen LogP contribution in [0.2, 0.25) is 0 Å². The number of hydrogen-bond acceptors (Lipinski definition) is 1. The first-order valence-corrected chi connectivity index (χ1v) is 8.48. The molecule has 0 bridgehead atoms. The molecule has 0 radical (unpaired) electrons. The third-order valence-corrected chi connectivity index (χ3v) is 4.98. The molecule has 1 N–H and O–H groups in total. The maximum absolute atomic E-state index is 13.5. The van der Waals surface area contributed by atoms with Crippen LogP contribution < -0.4 is 5.32 Å². The van der Waals surface area contributed by atoms with E-state index >= 15 is 0 Å². The van der Waals surface area contributed by atoms with E-state index in [-0.39, 0.29) is 5.82 Å². The Hall–Kier alpha value is -0.890. The largest absolute Gasteiger partial charge is 0.310 e. The van der Waals surface area contributed by atoms with E-state index in [0.717, 1.165) is 12.1 Å². The van der Waals surface area contributed by atoms with Crippen LogP contribution in [0.15, 0.2) is 18.2 Å². The fourth-order valence-electron chi connectivity index (χ4n) is 4.33. The minimum absolute atomic E-state index is 0.129. The van der Waals surface area contributed by atoms with Crippen molar-refractivity contribution in [3.8, 4) is 0 Å². The highest BCUT2D eigenvalue weighted by atomic mass is 19.1. The molecule has 1 nitrogen and oxygen atoms in total. The number of halogens is 1. The summed E-state index contributed by atoms with van der Waals surface area (Å²) in [5.41, 5.74) is 2.71. The van der Waals surface area contributed by atoms with Crippen LogP contribution in [-0.2, 0) is 0 Å². The zero-order valence-electron chi connectivity index (χ0n) is 14.0. The molecule has 1 atom stereocenters. The van der Waals surface area contributed by atoms with Gasteiger partial charge in [-0.15, -0.1) is 0 Å². The second-order valence-electron chi connectivity index (χ2n) is 7.16. The van der Waals surface area contributed by atoms with Crippen LogP contribution in [0.25, 0.3) is 0 Å². The summed E-state index contributed by atoms with van der Waals surface area (Å²) >= 11 is 0. The lowest BCUT2D eigenvalue weighted by atomic mass is 9.69. The van der Waals surface area contributed by atoms with Gasteiger partial charge in [0.1, 0.15) is 5.82 Å². The van der Waals surface area contributed by atoms with E-state index in [1.165, 1.54) is 37.7 Å². The van der Waals surface area contributed by atoms with Crippen LogP contribution in [0.1, 0.15) is 70.0 Å². The van der Waals surface area contributed by atoms with Gasteiger partial charge >= 0.3 is 0 Å². The van der Waals surface area contributed by atoms with Gasteiger partial charge in [-0.1, -0.05) is 39.7 Å². The van der Waals surface area contributed by atoms with Crippen molar-refractivity contribution in [3.63, 3.8) is 0 Å². The maximum Gasteiger partial charge on any atom is 0.123 e. The van der Waals surface area contributed by atoms with Crippen molar-refractivity contribution in [3.05, 3.63) is 35.1 Å². The summed E-state index contributed by atoms with van der Waals surface area (Å²) in [4.78, 5) is 0. The summed E-state index contributed by atoms with van der Waals surface area (Å²) in [6, 6.07) is 5.65. The Bertz CT molecular complexity index is 461. The molecule has 1 unspecified atom stereocenters. The van der Waals surface area contributed by atoms with E-state index in [0.29, 0.717) is 17.4 Å². The first-order valence-electron chi connectivity index (χ1n) is 8.48. The second-order valence-corrected chi connectivity index (χ2v) is 7.16. The molecule has 1 aliphatic rings. The summed E-state index contributed by atoms with van der Waals surface area (Å²) in [6.07, 6.45) is 6.49. The molecule has 1 saturated carbocycles. The van der Waals surface area contributed by atoms with Crippen LogP contribution in [0.5, 0.6) is 0 Å². The minimum atomic E-state index is -0.129. The highest BCUT2D eigenvalue weighted by Gasteiger charge is 2.42. The number of aryl methyl sites for hydroxylation is 1. The Balaban J connectivity index is 2.39. The standard InChI is InChI=1S/C19H30FN/c1-5-21-18(17-9-8-16(20)12-15(17)4)19(13-14(2)3)10-6-7-11-19/h8-9,12,14,18,21H,5-7,10-11,13H2,1-4H3. The molecule has 2 rings (SSSR count). The molecule has 1 aromatic rings. The van der Waals surface area contributed by atoms with Crippen LogP contribution in [0, 0.1) is 24.1 Å². The van der Waals surface area contributed by atoms with Crippen molar-refractivity contribution < 1.29 is 4.39 Å². The van der Waals surface area contributed by atoms with Crippen LogP contribution in [0.4, 0.5) is 4.39 Å². The monoisotopic (exact) mass is 291 g/mol. The van der Waals surface area contributed by atoms with Gasteiger partial charge in [0.05, 0.1) is 0 Å². The van der Waals surface area contributed by atoms with Gasteiger partial charge in [0.25, 0.3) is 0 Å². The topological polar surface area (TPSA) is 12.0 Å². The number of rotatable bonds is 6. The Morgan fingerprint density at radius 1 is 1.24 bits per heavy atom. The highest BCUT2D eigenvalue weighted by molar-refractivity contribution is 5.31. The minimum Gasteiger partial charge on any atom is -0.310 e. The fourth-order valence-corrected chi connectivity index (χ4v) is 4.33. The molecule has 21 heavy (non-hydrogen) atoms. The summed E-state index contributed by atoms with van der Waals surface area (Å²) in [5.74, 6) is 0.570. The molecule has 0 aromatic heterocycles. The Kier molecular flexibility index (Phi) is 5.43. The number of benzene rings is 1. The van der Waals surface area contributed by atoms with Gasteiger partial charge in [-0.2, -0.15) is 0 Å². The fraction of sp³-hybridized carbons (Fsp3) is 0.684. The Morgan fingerprint density at radius 2 is 1.90 bits per heavy atom. The summed E-state index contributed by atoms with van der Waals surface area (Å²) in [6.45, 7) is 9.81. The molecule has 1 aliphatic carbocycles. The van der Waals surface area contributed by atoms with E-state index < -0.39 is 0 Å². The van der Waals surface area contributed by atoms with E-state index in [2.05, 4.69) is 26.1 Å². The van der Waals surface area contributed by atoms with E-state index in [9.17, 15) is 4.39 Å². The van der Waals surface area contributed by atoms with E-state index in [1.807, 2.05) is 13.0 Å². The Morgan fingerprint density at radius 3 is 2.43 bits per heavy atom. The average Bonchev–Trinajstić information content (AvgIpc) is 2.85. The first kappa shape index (κ1) is 16.5. The Labute approximate surface area is 129 Å². The van der Waals surface area contributed by atoms with Crippen molar-refractivity contribution in [1.82, 2.24) is 5.32 Å². The molecule has 0 heterocycles. The van der Waals surface area contributed by atoms with E-state index in [1.54, 1.807) is 12.1 Å². The molecule has 0 spiro atoms. The maximum atomic E-state index is 13.5. The summed E-state index contributed by atoms with van der Waals surface area (Å²) in [5, 5.41) is 3.72. The smallest absolute Gasteiger partial charge is 0.123 e. The molecule has 0 saturated heterocycles. The third kappa shape index (κ3) is 3.66. The van der Waals surface area contributed by atoms with Crippen LogP contribution in [-0.4, -0.2) is 6.54 Å². The molecule has 2 heteroatoms. The SMILES string of the molecule is CCNC(c1ccc(F)cc1C)C1(CC(C)C)CCCC1. The lowest BCUT2D eigenvalue weighted by Crippen LogP contribution is -2.38. The van der Waals surface area contributed by atoms with Crippen LogP contribution in [0.3, 0.4) is 0 Å². The predicted molar refractivity (Wildman–Crippen MR) is 87.9 cm³/mol. The van der Waals surface area contributed by atoms with Gasteiger partial charge in [-0.3, -0.25) is 0 Å². The van der Waals surface area contributed by atoms with Gasteiger partial charge in [0, 0.05) is 6.04 Å². The molecule has 1 fully saturated rings. The van der Waals surface area contributed by atoms with Crippen molar-refractivity contribution >= 4 is 0 Å². The average molecular weight is 291 g/mol. The normalized spacial score (nSPS) is 19.1. The predicted octanol–water partition coefficient (Wildman–Crippen LogP) is 5.39. The van der Waals surface area contributed by atoms with Gasteiger partial charge < -0.3 is 5.32 Å². The quantitative estimate of drug-likeness (QED) is 0.741. The van der Waals surface area contributed by atoms with Crippen LogP contribution >= 0.6 is 0 Å². The van der Waals surface area contributed by atoms with Gasteiger partial charge in [-0.25, -0.2) is 4.39 Å². The zero-order chi connectivity index (χ0) is 15.5. The molecule has 0 aliphatic heterocycles. The second kappa shape index (κ2) is 6.91. The zero-order valence-corrected chi connectivity index (χ0v) is 14.0.